The maximum absolute atomic E-state index is 12.5. The van der Waals surface area contributed by atoms with E-state index in [9.17, 15) is 9.59 Å². The predicted molar refractivity (Wildman–Crippen MR) is 118 cm³/mol. The Kier molecular flexibility index (Phi) is 6.55. The molecule has 1 atom stereocenters. The van der Waals surface area contributed by atoms with Crippen molar-refractivity contribution in [2.75, 3.05) is 18.4 Å². The number of aldehydes is 1. The van der Waals surface area contributed by atoms with Crippen molar-refractivity contribution in [2.24, 2.45) is 0 Å². The first kappa shape index (κ1) is 20.7. The summed E-state index contributed by atoms with van der Waals surface area (Å²) in [7, 11) is 0. The monoisotopic (exact) mass is 406 g/mol. The third-order valence-corrected chi connectivity index (χ3v) is 6.25. The van der Waals surface area contributed by atoms with Crippen LogP contribution in [-0.4, -0.2) is 47.3 Å². The van der Waals surface area contributed by atoms with Crippen molar-refractivity contribution in [1.29, 1.82) is 0 Å². The van der Waals surface area contributed by atoms with Gasteiger partial charge in [-0.15, -0.1) is 0 Å². The third-order valence-electron chi connectivity index (χ3n) is 6.25. The van der Waals surface area contributed by atoms with Crippen LogP contribution >= 0.6 is 0 Å². The molecular weight excluding hydrogens is 376 g/mol. The largest absolute Gasteiger partial charge is 0.322 e. The van der Waals surface area contributed by atoms with Crippen LogP contribution in [0.25, 0.3) is 0 Å². The second-order valence-electron chi connectivity index (χ2n) is 8.52. The number of carbonyl (C=O) groups is 2. The van der Waals surface area contributed by atoms with E-state index in [2.05, 4.69) is 20.5 Å². The van der Waals surface area contributed by atoms with Crippen LogP contribution in [0.2, 0.25) is 0 Å². The molecule has 0 radical (unpaired) electrons. The van der Waals surface area contributed by atoms with Crippen LogP contribution in [0.3, 0.4) is 0 Å². The molecule has 1 amide bonds. The summed E-state index contributed by atoms with van der Waals surface area (Å²) in [5, 5.41) is 6.68. The lowest BCUT2D eigenvalue weighted by Gasteiger charge is -2.39. The lowest BCUT2D eigenvalue weighted by atomic mass is 9.91. The van der Waals surface area contributed by atoms with Crippen molar-refractivity contribution in [1.82, 2.24) is 15.2 Å². The van der Waals surface area contributed by atoms with Gasteiger partial charge in [-0.1, -0.05) is 18.6 Å². The van der Waals surface area contributed by atoms with E-state index < -0.39 is 0 Å². The maximum Gasteiger partial charge on any atom is 0.257 e. The molecule has 0 spiro atoms. The summed E-state index contributed by atoms with van der Waals surface area (Å²) in [6.45, 7) is 3.71. The summed E-state index contributed by atoms with van der Waals surface area (Å²) in [4.78, 5) is 30.8. The van der Waals surface area contributed by atoms with Crippen molar-refractivity contribution in [3.05, 3.63) is 59.4 Å². The summed E-state index contributed by atoms with van der Waals surface area (Å²) in [6.07, 6.45) is 10.4. The molecule has 2 fully saturated rings. The number of aromatic nitrogens is 1. The molecule has 2 aromatic rings. The highest BCUT2D eigenvalue weighted by Crippen LogP contribution is 2.27. The average Bonchev–Trinajstić information content (AvgIpc) is 2.73. The van der Waals surface area contributed by atoms with Crippen LogP contribution < -0.4 is 10.6 Å². The van der Waals surface area contributed by atoms with E-state index in [-0.39, 0.29) is 11.9 Å². The van der Waals surface area contributed by atoms with Gasteiger partial charge >= 0.3 is 0 Å². The van der Waals surface area contributed by atoms with Crippen molar-refractivity contribution in [3.8, 4) is 0 Å². The number of rotatable bonds is 7. The van der Waals surface area contributed by atoms with E-state index in [1.165, 1.54) is 19.3 Å². The lowest BCUT2D eigenvalue weighted by Crippen LogP contribution is -2.49. The first-order valence-corrected chi connectivity index (χ1v) is 10.9. The summed E-state index contributed by atoms with van der Waals surface area (Å²) in [5.41, 5.74) is 3.06. The SMILES string of the molecule is Cc1cncc(C(=O)Nc2cccc(C(C=O)N3CCC(NC4CCC4)CC3)c2)c1. The molecule has 2 aliphatic rings. The summed E-state index contributed by atoms with van der Waals surface area (Å²) in [5.74, 6) is -0.200. The van der Waals surface area contributed by atoms with E-state index >= 15 is 0 Å². The zero-order valence-corrected chi connectivity index (χ0v) is 17.5. The molecule has 2 heterocycles. The van der Waals surface area contributed by atoms with E-state index in [0.29, 0.717) is 23.3 Å². The molecule has 1 unspecified atom stereocenters. The van der Waals surface area contributed by atoms with Crippen LogP contribution in [0.15, 0.2) is 42.7 Å². The fourth-order valence-corrected chi connectivity index (χ4v) is 4.31. The number of piperidine rings is 1. The van der Waals surface area contributed by atoms with Gasteiger partial charge in [0.25, 0.3) is 5.91 Å². The van der Waals surface area contributed by atoms with Crippen molar-refractivity contribution in [3.63, 3.8) is 0 Å². The predicted octanol–water partition coefficient (Wildman–Crippen LogP) is 3.49. The molecule has 158 valence electrons. The number of nitrogens with one attached hydrogen (secondary N) is 2. The van der Waals surface area contributed by atoms with Gasteiger partial charge in [0.05, 0.1) is 11.6 Å². The smallest absolute Gasteiger partial charge is 0.257 e. The van der Waals surface area contributed by atoms with Gasteiger partial charge in [-0.05, 0) is 61.9 Å². The Bertz CT molecular complexity index is 888. The first-order chi connectivity index (χ1) is 14.6. The van der Waals surface area contributed by atoms with Crippen molar-refractivity contribution >= 4 is 17.9 Å². The number of amides is 1. The second kappa shape index (κ2) is 9.49. The Hall–Kier alpha value is -2.57. The van der Waals surface area contributed by atoms with Crippen LogP contribution in [0, 0.1) is 6.92 Å². The number of nitrogens with zero attached hydrogens (tertiary/aromatic N) is 2. The molecule has 1 aliphatic carbocycles. The van der Waals surface area contributed by atoms with Gasteiger partial charge in [-0.3, -0.25) is 14.7 Å². The zero-order chi connectivity index (χ0) is 20.9. The number of hydrogen-bond donors (Lipinski definition) is 2. The molecule has 30 heavy (non-hydrogen) atoms. The molecule has 1 saturated heterocycles. The van der Waals surface area contributed by atoms with Crippen LogP contribution in [0.4, 0.5) is 5.69 Å². The Morgan fingerprint density at radius 1 is 1.13 bits per heavy atom. The molecule has 6 heteroatoms. The maximum atomic E-state index is 12.5. The molecule has 1 aliphatic heterocycles. The van der Waals surface area contributed by atoms with Crippen LogP contribution in [0.5, 0.6) is 0 Å². The highest BCUT2D eigenvalue weighted by molar-refractivity contribution is 6.04. The molecule has 1 aromatic heterocycles. The van der Waals surface area contributed by atoms with E-state index in [4.69, 9.17) is 0 Å². The minimum atomic E-state index is -0.285. The van der Waals surface area contributed by atoms with Gasteiger partial charge in [0, 0.05) is 43.3 Å². The number of anilines is 1. The van der Waals surface area contributed by atoms with Gasteiger partial charge in [0.2, 0.25) is 0 Å². The zero-order valence-electron chi connectivity index (χ0n) is 17.5. The molecule has 1 saturated carbocycles. The Labute approximate surface area is 178 Å². The average molecular weight is 407 g/mol. The van der Waals surface area contributed by atoms with Crippen molar-refractivity contribution in [2.45, 2.75) is 57.2 Å². The normalized spacial score (nSPS) is 19.1. The summed E-state index contributed by atoms with van der Waals surface area (Å²) < 4.78 is 0. The summed E-state index contributed by atoms with van der Waals surface area (Å²) >= 11 is 0. The number of likely N-dealkylation sites (tertiary alicyclic amines) is 1. The van der Waals surface area contributed by atoms with E-state index in [0.717, 1.165) is 43.3 Å². The van der Waals surface area contributed by atoms with Gasteiger partial charge in [-0.25, -0.2) is 0 Å². The standard InChI is InChI=1S/C24H30N4O2/c1-17-12-19(15-25-14-17)24(30)27-22-7-2-4-18(13-22)23(16-29)28-10-8-21(9-11-28)26-20-5-3-6-20/h2,4,7,12-16,20-21,23,26H,3,5-6,8-11H2,1H3,(H,27,30). The topological polar surface area (TPSA) is 74.3 Å². The Balaban J connectivity index is 1.39. The second-order valence-corrected chi connectivity index (χ2v) is 8.52. The molecule has 1 aromatic carbocycles. The van der Waals surface area contributed by atoms with Crippen molar-refractivity contribution < 1.29 is 9.59 Å². The number of carbonyl (C=O) groups excluding carboxylic acids is 2. The van der Waals surface area contributed by atoms with Gasteiger partial charge in [0.1, 0.15) is 6.29 Å². The van der Waals surface area contributed by atoms with Crippen LogP contribution in [-0.2, 0) is 4.79 Å². The Morgan fingerprint density at radius 3 is 2.57 bits per heavy atom. The van der Waals surface area contributed by atoms with E-state index in [1.54, 1.807) is 12.4 Å². The minimum absolute atomic E-state index is 0.200. The fourth-order valence-electron chi connectivity index (χ4n) is 4.31. The molecule has 6 nitrogen and oxygen atoms in total. The number of benzene rings is 1. The highest BCUT2D eigenvalue weighted by Gasteiger charge is 2.28. The number of hydrogen-bond acceptors (Lipinski definition) is 5. The fraction of sp³-hybridized carbons (Fsp3) is 0.458. The molecule has 4 rings (SSSR count). The minimum Gasteiger partial charge on any atom is -0.322 e. The molecule has 2 N–H and O–H groups in total. The van der Waals surface area contributed by atoms with E-state index in [1.807, 2.05) is 37.3 Å². The third kappa shape index (κ3) is 4.94. The Morgan fingerprint density at radius 2 is 1.90 bits per heavy atom. The number of aryl methyl sites for hydroxylation is 1. The van der Waals surface area contributed by atoms with Gasteiger partial charge in [-0.2, -0.15) is 0 Å². The molecule has 0 bridgehead atoms. The van der Waals surface area contributed by atoms with Crippen LogP contribution in [0.1, 0.15) is 59.6 Å². The van der Waals surface area contributed by atoms with Gasteiger partial charge in [0.15, 0.2) is 0 Å². The highest BCUT2D eigenvalue weighted by atomic mass is 16.1. The lowest BCUT2D eigenvalue weighted by molar-refractivity contribution is -0.113. The van der Waals surface area contributed by atoms with Gasteiger partial charge < -0.3 is 15.4 Å². The molecular formula is C24H30N4O2. The number of pyridine rings is 1. The quantitative estimate of drug-likeness (QED) is 0.689. The summed E-state index contributed by atoms with van der Waals surface area (Å²) in [6, 6.07) is 10.4. The first-order valence-electron chi connectivity index (χ1n) is 10.9.